The third-order valence-electron chi connectivity index (χ3n) is 6.61. The van der Waals surface area contributed by atoms with Crippen LogP contribution in [0.25, 0.3) is 6.08 Å². The number of alkyl halides is 3. The first-order valence-corrected chi connectivity index (χ1v) is 14.3. The van der Waals surface area contributed by atoms with Gasteiger partial charge in [-0.3, -0.25) is 9.36 Å². The summed E-state index contributed by atoms with van der Waals surface area (Å²) >= 11 is 6.74. The van der Waals surface area contributed by atoms with Crippen molar-refractivity contribution < 1.29 is 36.6 Å². The molecule has 0 fully saturated rings. The highest BCUT2D eigenvalue weighted by molar-refractivity contribution is 7.07. The molecule has 1 aliphatic rings. The minimum Gasteiger partial charge on any atom is -0.493 e. The van der Waals surface area contributed by atoms with E-state index in [1.54, 1.807) is 36.4 Å². The Morgan fingerprint density at radius 1 is 1.09 bits per heavy atom. The Labute approximate surface area is 256 Å². The van der Waals surface area contributed by atoms with Gasteiger partial charge in [-0.15, -0.1) is 0 Å². The van der Waals surface area contributed by atoms with Crippen LogP contribution in [0.2, 0.25) is 5.02 Å². The second-order valence-corrected chi connectivity index (χ2v) is 10.9. The Balaban J connectivity index is 1.61. The number of thiazole rings is 1. The van der Waals surface area contributed by atoms with Gasteiger partial charge >= 0.3 is 12.1 Å². The van der Waals surface area contributed by atoms with Crippen molar-refractivity contribution >= 4 is 35.0 Å². The number of carbonyl (C=O) groups excluding carboxylic acids is 1. The summed E-state index contributed by atoms with van der Waals surface area (Å²) in [5.41, 5.74) is -1.90. The summed E-state index contributed by atoms with van der Waals surface area (Å²) in [5, 5.41) is 0.314. The smallest absolute Gasteiger partial charge is 0.434 e. The maximum absolute atomic E-state index is 14.3. The predicted octanol–water partition coefficient (Wildman–Crippen LogP) is 5.72. The number of ether oxygens (including phenoxy) is 3. The third-order valence-corrected chi connectivity index (χ3v) is 7.84. The number of methoxy groups -OCH3 is 1. The number of hydrogen-bond donors (Lipinski definition) is 0. The molecule has 0 aliphatic carbocycles. The van der Waals surface area contributed by atoms with Crippen LogP contribution in [-0.4, -0.2) is 30.4 Å². The first kappa shape index (κ1) is 31.0. The van der Waals surface area contributed by atoms with Crippen molar-refractivity contribution in [1.29, 1.82) is 0 Å². The van der Waals surface area contributed by atoms with Gasteiger partial charge in [0.05, 0.1) is 29.9 Å². The number of nitrogens with zero attached hydrogens (tertiary/aromatic N) is 2. The molecule has 0 bridgehead atoms. The Kier molecular flexibility index (Phi) is 8.93. The molecule has 5 rings (SSSR count). The number of benzene rings is 3. The second kappa shape index (κ2) is 12.7. The van der Waals surface area contributed by atoms with E-state index in [0.29, 0.717) is 21.9 Å². The van der Waals surface area contributed by atoms with Gasteiger partial charge in [0.25, 0.3) is 5.56 Å². The monoisotopic (exact) mass is 646 g/mol. The lowest BCUT2D eigenvalue weighted by Crippen LogP contribution is -2.41. The molecule has 0 spiro atoms. The molecule has 0 radical (unpaired) electrons. The van der Waals surface area contributed by atoms with E-state index >= 15 is 0 Å². The summed E-state index contributed by atoms with van der Waals surface area (Å²) in [6.45, 7) is 1.21. The molecule has 1 aromatic heterocycles. The lowest BCUT2D eigenvalue weighted by molar-refractivity contribution is -0.140. The highest BCUT2D eigenvalue weighted by Crippen LogP contribution is 2.38. The molecule has 228 valence electrons. The van der Waals surface area contributed by atoms with E-state index in [2.05, 4.69) is 4.99 Å². The highest BCUT2D eigenvalue weighted by Gasteiger charge is 2.45. The average Bonchev–Trinajstić information content (AvgIpc) is 3.30. The number of fused-ring (bicyclic) bond motifs is 1. The van der Waals surface area contributed by atoms with Crippen LogP contribution < -0.4 is 24.4 Å². The molecule has 0 unspecified atom stereocenters. The SMILES string of the molecule is CCOC(=O)C1=C(C(F)(F)F)N=c2s/c(=C\c3ccc(OCc4ccccc4F)c(OC)c3)c(=O)n2[C@@H]1c1ccc(Cl)cc1. The van der Waals surface area contributed by atoms with Crippen molar-refractivity contribution in [1.82, 2.24) is 4.57 Å². The van der Waals surface area contributed by atoms with Gasteiger partial charge in [0.2, 0.25) is 0 Å². The molecule has 4 aromatic rings. The van der Waals surface area contributed by atoms with Crippen molar-refractivity contribution in [2.45, 2.75) is 25.7 Å². The number of allylic oxidation sites excluding steroid dienone is 1. The molecule has 0 amide bonds. The summed E-state index contributed by atoms with van der Waals surface area (Å²) in [4.78, 5) is 30.2. The van der Waals surface area contributed by atoms with E-state index in [1.165, 1.54) is 50.4 Å². The Morgan fingerprint density at radius 2 is 1.82 bits per heavy atom. The van der Waals surface area contributed by atoms with Crippen LogP contribution in [0.4, 0.5) is 17.6 Å². The number of esters is 1. The van der Waals surface area contributed by atoms with Crippen LogP contribution in [-0.2, 0) is 16.1 Å². The fraction of sp³-hybridized carbons (Fsp3) is 0.194. The minimum atomic E-state index is -5.02. The third kappa shape index (κ3) is 6.27. The van der Waals surface area contributed by atoms with E-state index in [9.17, 15) is 27.2 Å². The van der Waals surface area contributed by atoms with Crippen LogP contribution in [0.3, 0.4) is 0 Å². The molecular weight excluding hydrogens is 624 g/mol. The van der Waals surface area contributed by atoms with Crippen molar-refractivity contribution in [3.63, 3.8) is 0 Å². The van der Waals surface area contributed by atoms with E-state index in [4.69, 9.17) is 25.8 Å². The zero-order valence-corrected chi connectivity index (χ0v) is 24.7. The number of carbonyl (C=O) groups is 1. The maximum atomic E-state index is 14.3. The highest BCUT2D eigenvalue weighted by atomic mass is 35.5. The van der Waals surface area contributed by atoms with Gasteiger partial charge < -0.3 is 14.2 Å². The minimum absolute atomic E-state index is 0.0522. The van der Waals surface area contributed by atoms with Gasteiger partial charge in [-0.05, 0) is 54.5 Å². The summed E-state index contributed by atoms with van der Waals surface area (Å²) < 4.78 is 74.1. The van der Waals surface area contributed by atoms with E-state index in [0.717, 1.165) is 15.9 Å². The van der Waals surface area contributed by atoms with Crippen molar-refractivity contribution in [2.24, 2.45) is 4.99 Å². The number of halogens is 5. The Morgan fingerprint density at radius 3 is 2.48 bits per heavy atom. The number of rotatable bonds is 8. The van der Waals surface area contributed by atoms with Gasteiger partial charge in [-0.25, -0.2) is 14.2 Å². The summed E-state index contributed by atoms with van der Waals surface area (Å²) in [6, 6.07) is 15.2. The molecule has 3 aromatic carbocycles. The molecule has 0 saturated carbocycles. The van der Waals surface area contributed by atoms with E-state index in [1.807, 2.05) is 0 Å². The van der Waals surface area contributed by atoms with Crippen LogP contribution in [0.15, 0.2) is 87.8 Å². The lowest BCUT2D eigenvalue weighted by Gasteiger charge is -2.26. The molecule has 7 nitrogen and oxygen atoms in total. The van der Waals surface area contributed by atoms with Gasteiger partial charge in [-0.1, -0.05) is 59.3 Å². The largest absolute Gasteiger partial charge is 0.493 e. The van der Waals surface area contributed by atoms with E-state index in [-0.39, 0.29) is 33.9 Å². The molecule has 0 N–H and O–H groups in total. The van der Waals surface area contributed by atoms with Crippen LogP contribution in [0.5, 0.6) is 11.5 Å². The van der Waals surface area contributed by atoms with Crippen LogP contribution in [0, 0.1) is 5.82 Å². The van der Waals surface area contributed by atoms with E-state index < -0.39 is 40.8 Å². The average molecular weight is 647 g/mol. The fourth-order valence-corrected chi connectivity index (χ4v) is 5.74. The lowest BCUT2D eigenvalue weighted by atomic mass is 9.95. The first-order valence-electron chi connectivity index (χ1n) is 13.1. The fourth-order valence-electron chi connectivity index (χ4n) is 4.62. The maximum Gasteiger partial charge on any atom is 0.434 e. The normalized spacial score (nSPS) is 15.1. The van der Waals surface area contributed by atoms with Crippen molar-refractivity contribution in [3.8, 4) is 11.5 Å². The summed E-state index contributed by atoms with van der Waals surface area (Å²) in [5.74, 6) is -1.07. The van der Waals surface area contributed by atoms with Crippen LogP contribution >= 0.6 is 22.9 Å². The zero-order valence-electron chi connectivity index (χ0n) is 23.2. The molecule has 13 heteroatoms. The standard InChI is InChI=1S/C31H23ClF4N2O5S/c1-3-42-29(40)25-26(18-9-11-20(32)12-10-18)38-28(39)24(44-30(38)37-27(25)31(34,35)36)15-17-8-13-22(23(14-17)41-2)43-16-19-6-4-5-7-21(19)33/h4-15,26H,3,16H2,1-2H3/b24-15-/t26-/m1/s1. The number of aromatic nitrogens is 1. The summed E-state index contributed by atoms with van der Waals surface area (Å²) in [7, 11) is 1.41. The molecule has 2 heterocycles. The zero-order chi connectivity index (χ0) is 31.6. The van der Waals surface area contributed by atoms with Gasteiger partial charge in [0, 0.05) is 10.6 Å². The predicted molar refractivity (Wildman–Crippen MR) is 156 cm³/mol. The van der Waals surface area contributed by atoms with Gasteiger partial charge in [0.15, 0.2) is 22.0 Å². The number of hydrogen-bond acceptors (Lipinski definition) is 7. The van der Waals surface area contributed by atoms with Crippen molar-refractivity contribution in [2.75, 3.05) is 13.7 Å². The molecule has 44 heavy (non-hydrogen) atoms. The quantitative estimate of drug-likeness (QED) is 0.181. The van der Waals surface area contributed by atoms with Crippen molar-refractivity contribution in [3.05, 3.63) is 125 Å². The molecular formula is C31H23ClF4N2O5S. The van der Waals surface area contributed by atoms with Gasteiger partial charge in [0.1, 0.15) is 12.4 Å². The second-order valence-electron chi connectivity index (χ2n) is 9.41. The molecule has 0 saturated heterocycles. The summed E-state index contributed by atoms with van der Waals surface area (Å²) in [6.07, 6.45) is -3.55. The van der Waals surface area contributed by atoms with Gasteiger partial charge in [-0.2, -0.15) is 13.2 Å². The molecule has 1 aliphatic heterocycles. The van der Waals surface area contributed by atoms with Crippen LogP contribution in [0.1, 0.15) is 29.7 Å². The Bertz CT molecular complexity index is 1930. The first-order chi connectivity index (χ1) is 21.0. The topological polar surface area (TPSA) is 79.1 Å². The Hall–Kier alpha value is -4.42. The molecule has 1 atom stereocenters.